The molecule has 0 N–H and O–H groups in total. The summed E-state index contributed by atoms with van der Waals surface area (Å²) in [7, 11) is -4.47. The molecule has 0 saturated heterocycles. The summed E-state index contributed by atoms with van der Waals surface area (Å²) in [5.74, 6) is 0. The molecule has 10 heteroatoms. The van der Waals surface area contributed by atoms with Gasteiger partial charge in [-0.05, 0) is 19.8 Å². The minimum absolute atomic E-state index is 0. The van der Waals surface area contributed by atoms with Crippen molar-refractivity contribution in [3.8, 4) is 0 Å². The van der Waals surface area contributed by atoms with Crippen molar-refractivity contribution in [3.63, 3.8) is 0 Å². The van der Waals surface area contributed by atoms with Gasteiger partial charge in [0.05, 0.1) is 44.9 Å². The molecule has 1 aromatic rings. The molecule has 0 aliphatic heterocycles. The van der Waals surface area contributed by atoms with E-state index in [0.29, 0.717) is 11.4 Å². The molecule has 0 radical (unpaired) electrons. The predicted octanol–water partition coefficient (Wildman–Crippen LogP) is -0.790. The van der Waals surface area contributed by atoms with E-state index < -0.39 is 26.1 Å². The number of rotatable bonds is 2. The Labute approximate surface area is 155 Å². The molecule has 0 amide bonds. The summed E-state index contributed by atoms with van der Waals surface area (Å²) in [6.45, 7) is 8.75. The van der Waals surface area contributed by atoms with Crippen LogP contribution in [0, 0.1) is 13.5 Å². The molecule has 110 valence electrons. The SMILES string of the molecule is [C-]#[N+]c1cnn(C2CC(Cl)C(S(=O)(=O)[O-])CC2Cl)c1C.[Na+]. The average molecular weight is 360 g/mol. The second kappa shape index (κ2) is 7.18. The van der Waals surface area contributed by atoms with Gasteiger partial charge in [0.1, 0.15) is 0 Å². The monoisotopic (exact) mass is 359 g/mol. The molecule has 0 bridgehead atoms. The average Bonchev–Trinajstić information content (AvgIpc) is 2.71. The molecular formula is C11H12Cl2N3NaO3S. The van der Waals surface area contributed by atoms with Gasteiger partial charge in [0.25, 0.3) is 0 Å². The summed E-state index contributed by atoms with van der Waals surface area (Å²) in [5, 5.41) is 1.55. The fraction of sp³-hybridized carbons (Fsp3) is 0.636. The van der Waals surface area contributed by atoms with Crippen molar-refractivity contribution in [1.29, 1.82) is 0 Å². The van der Waals surface area contributed by atoms with Crippen LogP contribution in [0.15, 0.2) is 6.20 Å². The number of hydrogen-bond donors (Lipinski definition) is 0. The molecule has 1 aromatic heterocycles. The van der Waals surface area contributed by atoms with E-state index in [-0.39, 0.29) is 48.4 Å². The van der Waals surface area contributed by atoms with Gasteiger partial charge in [0.15, 0.2) is 0 Å². The van der Waals surface area contributed by atoms with Crippen LogP contribution in [-0.4, -0.2) is 38.8 Å². The minimum atomic E-state index is -4.47. The van der Waals surface area contributed by atoms with E-state index in [2.05, 4.69) is 9.94 Å². The van der Waals surface area contributed by atoms with Gasteiger partial charge in [-0.2, -0.15) is 5.10 Å². The fourth-order valence-electron chi connectivity index (χ4n) is 2.47. The summed E-state index contributed by atoms with van der Waals surface area (Å²) in [6.07, 6.45) is 1.65. The van der Waals surface area contributed by atoms with Gasteiger partial charge < -0.3 is 4.55 Å². The molecule has 1 fully saturated rings. The van der Waals surface area contributed by atoms with Gasteiger partial charge in [-0.1, -0.05) is 0 Å². The number of alkyl halides is 2. The fourth-order valence-corrected chi connectivity index (χ4v) is 4.55. The van der Waals surface area contributed by atoms with Gasteiger partial charge in [-0.25, -0.2) is 13.3 Å². The largest absolute Gasteiger partial charge is 1.00 e. The van der Waals surface area contributed by atoms with E-state index in [4.69, 9.17) is 29.8 Å². The summed E-state index contributed by atoms with van der Waals surface area (Å²) >= 11 is 12.2. The van der Waals surface area contributed by atoms with E-state index in [9.17, 15) is 13.0 Å². The van der Waals surface area contributed by atoms with E-state index in [1.807, 2.05) is 0 Å². The standard InChI is InChI=1S/C11H13Cl2N3O3S.Na/c1-6-9(14-2)5-15-16(6)10-3-8(13)11(4-7(10)12)20(17,18)19;/h5,7-8,10-11H,3-4H2,1H3,(H,17,18,19);/q;+1/p-1. The molecule has 21 heavy (non-hydrogen) atoms. The van der Waals surface area contributed by atoms with Crippen LogP contribution in [0.3, 0.4) is 0 Å². The van der Waals surface area contributed by atoms with Gasteiger partial charge in [-0.3, -0.25) is 4.68 Å². The van der Waals surface area contributed by atoms with Crippen molar-refractivity contribution in [1.82, 2.24) is 9.78 Å². The third-order valence-corrected chi connectivity index (χ3v) is 5.93. The van der Waals surface area contributed by atoms with Crippen LogP contribution < -0.4 is 29.6 Å². The first-order valence-electron chi connectivity index (χ1n) is 5.90. The Morgan fingerprint density at radius 3 is 2.52 bits per heavy atom. The summed E-state index contributed by atoms with van der Waals surface area (Å²) in [6, 6.07) is -0.326. The molecule has 4 unspecified atom stereocenters. The van der Waals surface area contributed by atoms with E-state index >= 15 is 0 Å². The maximum atomic E-state index is 11.1. The first-order valence-corrected chi connectivity index (χ1v) is 8.24. The Kier molecular flexibility index (Phi) is 6.57. The maximum Gasteiger partial charge on any atom is 1.00 e. The Hall–Kier alpha value is 0.190. The Morgan fingerprint density at radius 2 is 2.05 bits per heavy atom. The predicted molar refractivity (Wildman–Crippen MR) is 74.3 cm³/mol. The van der Waals surface area contributed by atoms with Crippen LogP contribution in [0.5, 0.6) is 0 Å². The van der Waals surface area contributed by atoms with Crippen molar-refractivity contribution in [2.75, 3.05) is 0 Å². The molecule has 2 rings (SSSR count). The van der Waals surface area contributed by atoms with Crippen molar-refractivity contribution in [2.45, 2.75) is 41.8 Å². The summed E-state index contributed by atoms with van der Waals surface area (Å²) in [5.41, 5.74) is 1.07. The molecule has 1 aliphatic rings. The number of halogens is 2. The van der Waals surface area contributed by atoms with E-state index in [1.165, 1.54) is 6.20 Å². The van der Waals surface area contributed by atoms with Gasteiger partial charge in [-0.15, -0.1) is 23.2 Å². The zero-order valence-corrected chi connectivity index (χ0v) is 15.9. The molecule has 0 aromatic carbocycles. The van der Waals surface area contributed by atoms with E-state index in [0.717, 1.165) is 0 Å². The maximum absolute atomic E-state index is 11.1. The van der Waals surface area contributed by atoms with Crippen molar-refractivity contribution in [3.05, 3.63) is 23.3 Å². The third kappa shape index (κ3) is 3.94. The zero-order valence-electron chi connectivity index (χ0n) is 11.5. The molecule has 4 atom stereocenters. The zero-order chi connectivity index (χ0) is 15.1. The molecule has 1 heterocycles. The first-order chi connectivity index (χ1) is 9.25. The van der Waals surface area contributed by atoms with Crippen LogP contribution in [0.2, 0.25) is 0 Å². The smallest absolute Gasteiger partial charge is 0.748 e. The molecule has 6 nitrogen and oxygen atoms in total. The normalized spacial score (nSPS) is 29.5. The molecule has 1 saturated carbocycles. The Morgan fingerprint density at radius 1 is 1.43 bits per heavy atom. The van der Waals surface area contributed by atoms with Crippen LogP contribution in [0.1, 0.15) is 24.6 Å². The summed E-state index contributed by atoms with van der Waals surface area (Å²) < 4.78 is 35.0. The van der Waals surface area contributed by atoms with Crippen molar-refractivity contribution < 1.29 is 42.5 Å². The molecule has 1 aliphatic carbocycles. The van der Waals surface area contributed by atoms with Gasteiger partial charge >= 0.3 is 29.6 Å². The second-order valence-electron chi connectivity index (χ2n) is 4.77. The van der Waals surface area contributed by atoms with Crippen LogP contribution in [0.25, 0.3) is 4.85 Å². The topological polar surface area (TPSA) is 79.4 Å². The minimum Gasteiger partial charge on any atom is -0.748 e. The molecular weight excluding hydrogens is 348 g/mol. The summed E-state index contributed by atoms with van der Waals surface area (Å²) in [4.78, 5) is 3.33. The number of aromatic nitrogens is 2. The number of hydrogen-bond acceptors (Lipinski definition) is 4. The third-order valence-electron chi connectivity index (χ3n) is 3.57. The molecule has 0 spiro atoms. The second-order valence-corrected chi connectivity index (χ2v) is 7.49. The Bertz CT molecular complexity index is 658. The van der Waals surface area contributed by atoms with Crippen LogP contribution in [0.4, 0.5) is 5.69 Å². The van der Waals surface area contributed by atoms with E-state index in [1.54, 1.807) is 11.6 Å². The number of nitrogens with zero attached hydrogens (tertiary/aromatic N) is 3. The first kappa shape index (κ1) is 19.2. The Balaban J connectivity index is 0.00000220. The van der Waals surface area contributed by atoms with Crippen molar-refractivity contribution in [2.24, 2.45) is 0 Å². The quantitative estimate of drug-likeness (QED) is 0.300. The van der Waals surface area contributed by atoms with Crippen molar-refractivity contribution >= 4 is 39.0 Å². The van der Waals surface area contributed by atoms with Gasteiger partial charge in [0.2, 0.25) is 5.69 Å². The van der Waals surface area contributed by atoms with Crippen LogP contribution in [-0.2, 0) is 10.1 Å². The van der Waals surface area contributed by atoms with Crippen LogP contribution >= 0.6 is 23.2 Å². The van der Waals surface area contributed by atoms with Gasteiger partial charge in [0, 0.05) is 5.69 Å².